The molecule has 194 valence electrons. The molecule has 1 N–H and O–H groups in total. The van der Waals surface area contributed by atoms with Gasteiger partial charge in [-0.3, -0.25) is 9.13 Å². The van der Waals surface area contributed by atoms with Gasteiger partial charge in [-0.2, -0.15) is 0 Å². The summed E-state index contributed by atoms with van der Waals surface area (Å²) in [6.07, 6.45) is 4.69. The maximum atomic E-state index is 13.6. The second-order valence-electron chi connectivity index (χ2n) is 9.83. The molecule has 0 aliphatic carbocycles. The normalized spacial score (nSPS) is 15.6. The van der Waals surface area contributed by atoms with Crippen LogP contribution in [0.1, 0.15) is 40.5 Å². The number of imidazole rings is 1. The highest BCUT2D eigenvalue weighted by Crippen LogP contribution is 2.23. The summed E-state index contributed by atoms with van der Waals surface area (Å²) in [7, 11) is -3.27. The number of aromatic nitrogens is 4. The van der Waals surface area contributed by atoms with Gasteiger partial charge >= 0.3 is 5.69 Å². The van der Waals surface area contributed by atoms with Crippen LogP contribution in [0, 0.1) is 11.7 Å². The summed E-state index contributed by atoms with van der Waals surface area (Å²) in [5.41, 5.74) is 1.45. The number of sulfonamides is 1. The summed E-state index contributed by atoms with van der Waals surface area (Å²) in [4.78, 5) is 22.3. The highest BCUT2D eigenvalue weighted by molar-refractivity contribution is 7.89. The molecule has 36 heavy (non-hydrogen) atoms. The zero-order chi connectivity index (χ0) is 26.0. The Labute approximate surface area is 211 Å². The number of piperidine rings is 1. The van der Waals surface area contributed by atoms with Gasteiger partial charge in [-0.1, -0.05) is 13.8 Å². The van der Waals surface area contributed by atoms with E-state index >= 15 is 0 Å². The predicted molar refractivity (Wildman–Crippen MR) is 138 cm³/mol. The van der Waals surface area contributed by atoms with E-state index < -0.39 is 15.3 Å². The van der Waals surface area contributed by atoms with Gasteiger partial charge in [-0.15, -0.1) is 0 Å². The van der Waals surface area contributed by atoms with E-state index in [9.17, 15) is 17.6 Å². The number of benzene rings is 1. The molecule has 11 heteroatoms. The van der Waals surface area contributed by atoms with Crippen molar-refractivity contribution in [3.05, 3.63) is 59.0 Å². The molecule has 3 aromatic rings. The summed E-state index contributed by atoms with van der Waals surface area (Å²) in [5, 5.41) is 2.88. The smallest absolute Gasteiger partial charge is 0.333 e. The fraction of sp³-hybridized carbons (Fsp3) is 0.480. The zero-order valence-corrected chi connectivity index (χ0v) is 21.9. The Hall–Kier alpha value is -3.05. The fourth-order valence-electron chi connectivity index (χ4n) is 4.34. The first-order valence-electron chi connectivity index (χ1n) is 12.2. The SMILES string of the molecule is CC(C)Cn1cc(-c2ccnc(NC3CCN(S(=O)(=O)C(C)C)CC3)n2)n(-c2ccc(F)cc2)c1=O. The molecule has 4 rings (SSSR count). The topological polar surface area (TPSA) is 102 Å². The van der Waals surface area contributed by atoms with Crippen molar-refractivity contribution in [3.8, 4) is 17.1 Å². The van der Waals surface area contributed by atoms with Crippen molar-refractivity contribution in [3.63, 3.8) is 0 Å². The number of anilines is 1. The number of hydrogen-bond acceptors (Lipinski definition) is 6. The number of halogens is 1. The van der Waals surface area contributed by atoms with E-state index in [0.717, 1.165) is 0 Å². The molecular weight excluding hydrogens is 483 g/mol. The lowest BCUT2D eigenvalue weighted by atomic mass is 10.1. The molecule has 0 spiro atoms. The Morgan fingerprint density at radius 1 is 1.08 bits per heavy atom. The van der Waals surface area contributed by atoms with Crippen molar-refractivity contribution in [2.24, 2.45) is 5.92 Å². The monoisotopic (exact) mass is 516 g/mol. The maximum absolute atomic E-state index is 13.6. The third-order valence-electron chi connectivity index (χ3n) is 6.26. The highest BCUT2D eigenvalue weighted by Gasteiger charge is 2.30. The van der Waals surface area contributed by atoms with Gasteiger partial charge in [0, 0.05) is 38.1 Å². The number of nitrogens with zero attached hydrogens (tertiary/aromatic N) is 5. The van der Waals surface area contributed by atoms with Crippen LogP contribution in [0.2, 0.25) is 0 Å². The van der Waals surface area contributed by atoms with Gasteiger partial charge in [0.15, 0.2) is 0 Å². The van der Waals surface area contributed by atoms with Crippen LogP contribution in [0.3, 0.4) is 0 Å². The number of rotatable bonds is 8. The minimum atomic E-state index is -3.27. The molecular formula is C25H33FN6O3S. The van der Waals surface area contributed by atoms with Crippen LogP contribution < -0.4 is 11.0 Å². The predicted octanol–water partition coefficient (Wildman–Crippen LogP) is 3.51. The van der Waals surface area contributed by atoms with E-state index in [1.165, 1.54) is 16.7 Å². The van der Waals surface area contributed by atoms with Crippen LogP contribution in [0.4, 0.5) is 10.3 Å². The Kier molecular flexibility index (Phi) is 7.60. The quantitative estimate of drug-likeness (QED) is 0.492. The lowest BCUT2D eigenvalue weighted by molar-refractivity contribution is 0.326. The van der Waals surface area contributed by atoms with Crippen molar-refractivity contribution in [1.29, 1.82) is 0 Å². The largest absolute Gasteiger partial charge is 0.351 e. The van der Waals surface area contributed by atoms with E-state index in [2.05, 4.69) is 15.3 Å². The molecule has 1 aromatic carbocycles. The molecule has 1 aliphatic heterocycles. The lowest BCUT2D eigenvalue weighted by Crippen LogP contribution is -2.45. The molecule has 0 radical (unpaired) electrons. The van der Waals surface area contributed by atoms with Crippen molar-refractivity contribution in [1.82, 2.24) is 23.4 Å². The van der Waals surface area contributed by atoms with Crippen LogP contribution in [-0.4, -0.2) is 56.2 Å². The molecule has 0 amide bonds. The Balaban J connectivity index is 1.60. The third-order valence-corrected chi connectivity index (χ3v) is 8.54. The van der Waals surface area contributed by atoms with Gasteiger partial charge in [0.05, 0.1) is 22.3 Å². The molecule has 0 saturated carbocycles. The number of nitrogens with one attached hydrogen (secondary N) is 1. The second-order valence-corrected chi connectivity index (χ2v) is 12.3. The number of hydrogen-bond donors (Lipinski definition) is 1. The lowest BCUT2D eigenvalue weighted by Gasteiger charge is -2.32. The Bertz CT molecular complexity index is 1360. The zero-order valence-electron chi connectivity index (χ0n) is 21.1. The summed E-state index contributed by atoms with van der Waals surface area (Å²) < 4.78 is 43.2. The van der Waals surface area contributed by atoms with E-state index in [1.54, 1.807) is 53.3 Å². The fourth-order valence-corrected chi connectivity index (χ4v) is 5.66. The van der Waals surface area contributed by atoms with Crippen LogP contribution >= 0.6 is 0 Å². The third kappa shape index (κ3) is 5.52. The first kappa shape index (κ1) is 26.0. The van der Waals surface area contributed by atoms with Crippen LogP contribution in [0.5, 0.6) is 0 Å². The van der Waals surface area contributed by atoms with Crippen molar-refractivity contribution < 1.29 is 12.8 Å². The van der Waals surface area contributed by atoms with Gasteiger partial charge in [0.25, 0.3) is 0 Å². The molecule has 0 atom stereocenters. The maximum Gasteiger partial charge on any atom is 0.333 e. The molecule has 1 aliphatic rings. The summed E-state index contributed by atoms with van der Waals surface area (Å²) in [5.74, 6) is 0.288. The van der Waals surface area contributed by atoms with E-state index in [-0.39, 0.29) is 23.5 Å². The average Bonchev–Trinajstić information content (AvgIpc) is 3.15. The Morgan fingerprint density at radius 3 is 2.36 bits per heavy atom. The van der Waals surface area contributed by atoms with Crippen LogP contribution in [0.25, 0.3) is 17.1 Å². The molecule has 0 bridgehead atoms. The van der Waals surface area contributed by atoms with Gasteiger partial charge in [0.2, 0.25) is 16.0 Å². The van der Waals surface area contributed by atoms with Crippen molar-refractivity contribution in [2.75, 3.05) is 18.4 Å². The molecule has 2 aromatic heterocycles. The first-order chi connectivity index (χ1) is 17.1. The molecule has 0 unspecified atom stereocenters. The van der Waals surface area contributed by atoms with E-state index in [1.807, 2.05) is 13.8 Å². The van der Waals surface area contributed by atoms with Crippen LogP contribution in [0.15, 0.2) is 47.5 Å². The van der Waals surface area contributed by atoms with E-state index in [4.69, 9.17) is 0 Å². The minimum Gasteiger partial charge on any atom is -0.351 e. The van der Waals surface area contributed by atoms with Crippen molar-refractivity contribution >= 4 is 16.0 Å². The van der Waals surface area contributed by atoms with Gasteiger partial charge < -0.3 is 5.32 Å². The molecule has 1 saturated heterocycles. The average molecular weight is 517 g/mol. The summed E-state index contributed by atoms with van der Waals surface area (Å²) in [6.45, 7) is 8.88. The summed E-state index contributed by atoms with van der Waals surface area (Å²) >= 11 is 0. The highest BCUT2D eigenvalue weighted by atomic mass is 32.2. The molecule has 3 heterocycles. The first-order valence-corrected chi connectivity index (χ1v) is 13.7. The second kappa shape index (κ2) is 10.5. The standard InChI is InChI=1S/C25H33FN6O3S/c1-17(2)15-30-16-23(32(25(30)33)21-7-5-19(26)6-8-21)22-9-12-27-24(29-22)28-20-10-13-31(14-11-20)36(34,35)18(3)4/h5-9,12,16-18,20H,10-11,13-15H2,1-4H3,(H,27,28,29). The van der Waals surface area contributed by atoms with Gasteiger partial charge in [-0.05, 0) is 62.9 Å². The molecule has 9 nitrogen and oxygen atoms in total. The minimum absolute atomic E-state index is 0.0312. The molecule has 1 fully saturated rings. The van der Waals surface area contributed by atoms with Gasteiger partial charge in [0.1, 0.15) is 5.82 Å². The van der Waals surface area contributed by atoms with Gasteiger partial charge in [-0.25, -0.2) is 31.9 Å². The van der Waals surface area contributed by atoms with Crippen molar-refractivity contribution in [2.45, 2.75) is 58.4 Å². The van der Waals surface area contributed by atoms with Crippen LogP contribution in [-0.2, 0) is 16.6 Å². The van der Waals surface area contributed by atoms with E-state index in [0.29, 0.717) is 55.5 Å². The Morgan fingerprint density at radius 2 is 1.75 bits per heavy atom. The summed E-state index contributed by atoms with van der Waals surface area (Å²) in [6, 6.07) is 7.55.